The molecule has 0 aromatic heterocycles. The molecule has 4 nitrogen and oxygen atoms in total. The van der Waals surface area contributed by atoms with Crippen molar-refractivity contribution in [2.45, 2.75) is 46.6 Å². The molecule has 0 rings (SSSR count). The molecule has 0 atom stereocenters. The van der Waals surface area contributed by atoms with Crippen LogP contribution in [0.25, 0.3) is 0 Å². The Balaban J connectivity index is 4.39. The minimum absolute atomic E-state index is 0.460. The first kappa shape index (κ1) is 18.0. The summed E-state index contributed by atoms with van der Waals surface area (Å²) in [5.41, 5.74) is 0. The van der Waals surface area contributed by atoms with E-state index in [-0.39, 0.29) is 0 Å². The number of thiocarbonyl (C=S) groups is 1. The number of hydrogen-bond acceptors (Lipinski definition) is 5. The lowest BCUT2D eigenvalue weighted by atomic mass is 10.4. The second kappa shape index (κ2) is 10.9. The van der Waals surface area contributed by atoms with E-state index in [1.54, 1.807) is 0 Å². The molecule has 0 aliphatic rings. The van der Waals surface area contributed by atoms with Crippen molar-refractivity contribution < 1.29 is 18.0 Å². The van der Waals surface area contributed by atoms with Crippen molar-refractivity contribution in [2.24, 2.45) is 0 Å². The first-order valence-corrected chi connectivity index (χ1v) is 9.05. The zero-order valence-corrected chi connectivity index (χ0v) is 13.8. The Bertz CT molecular complexity index is 209. The molecular weight excluding hydrogens is 268 g/mol. The van der Waals surface area contributed by atoms with Crippen molar-refractivity contribution in [3.63, 3.8) is 0 Å². The van der Waals surface area contributed by atoms with Gasteiger partial charge < -0.3 is 18.0 Å². The Labute approximate surface area is 117 Å². The summed E-state index contributed by atoms with van der Waals surface area (Å²) in [6, 6.07) is 0.460. The third-order valence-corrected chi connectivity index (χ3v) is 5.67. The predicted octanol–water partition coefficient (Wildman–Crippen LogP) is 3.18. The zero-order valence-electron chi connectivity index (χ0n) is 12.0. The first-order valence-electron chi connectivity index (χ1n) is 6.71. The molecule has 18 heavy (non-hydrogen) atoms. The largest absolute Gasteiger partial charge is 0.509 e. The second-order valence-electron chi connectivity index (χ2n) is 3.73. The summed E-state index contributed by atoms with van der Waals surface area (Å²) >= 11 is 5.23. The van der Waals surface area contributed by atoms with Crippen LogP contribution in [0.5, 0.6) is 0 Å². The smallest absolute Gasteiger partial charge is 0.487 e. The Morgan fingerprint density at radius 2 is 1.44 bits per heavy atom. The van der Waals surface area contributed by atoms with E-state index in [2.05, 4.69) is 6.92 Å². The van der Waals surface area contributed by atoms with Crippen LogP contribution in [-0.2, 0) is 18.0 Å². The Morgan fingerprint density at radius 1 is 0.944 bits per heavy atom. The maximum atomic E-state index is 5.71. The van der Waals surface area contributed by atoms with E-state index in [1.807, 2.05) is 20.8 Å². The van der Waals surface area contributed by atoms with Crippen molar-refractivity contribution in [1.82, 2.24) is 0 Å². The number of rotatable bonds is 11. The van der Waals surface area contributed by atoms with Crippen molar-refractivity contribution in [3.05, 3.63) is 0 Å². The SMILES string of the molecule is CCCCOC(=S)C[Si](OCC)(OCC)OCC. The van der Waals surface area contributed by atoms with Crippen molar-refractivity contribution in [1.29, 1.82) is 0 Å². The molecule has 0 amide bonds. The van der Waals surface area contributed by atoms with E-state index in [1.165, 1.54) is 0 Å². The molecule has 0 N–H and O–H groups in total. The minimum Gasteiger partial charge on any atom is -0.487 e. The summed E-state index contributed by atoms with van der Waals surface area (Å²) < 4.78 is 22.6. The molecule has 0 bridgehead atoms. The lowest BCUT2D eigenvalue weighted by Gasteiger charge is -2.28. The fourth-order valence-electron chi connectivity index (χ4n) is 1.50. The highest BCUT2D eigenvalue weighted by molar-refractivity contribution is 7.80. The topological polar surface area (TPSA) is 36.9 Å². The molecule has 0 saturated carbocycles. The van der Waals surface area contributed by atoms with Crippen LogP contribution < -0.4 is 0 Å². The van der Waals surface area contributed by atoms with Crippen LogP contribution in [0.1, 0.15) is 40.5 Å². The highest BCUT2D eigenvalue weighted by Crippen LogP contribution is 2.17. The van der Waals surface area contributed by atoms with Gasteiger partial charge in [0.2, 0.25) is 0 Å². The van der Waals surface area contributed by atoms with Gasteiger partial charge in [-0.25, -0.2) is 0 Å². The molecule has 0 aromatic rings. The number of ether oxygens (including phenoxy) is 1. The number of unbranched alkanes of at least 4 members (excludes halogenated alkanes) is 1. The standard InChI is InChI=1S/C12H26O4SSi/c1-5-9-10-13-12(17)11-18(14-6-2,15-7-3)16-8-4/h5-11H2,1-4H3. The van der Waals surface area contributed by atoms with Gasteiger partial charge in [0, 0.05) is 19.8 Å². The second-order valence-corrected chi connectivity index (χ2v) is 6.77. The van der Waals surface area contributed by atoms with Crippen LogP contribution >= 0.6 is 12.2 Å². The van der Waals surface area contributed by atoms with E-state index in [4.69, 9.17) is 30.2 Å². The summed E-state index contributed by atoms with van der Waals surface area (Å²) in [6.45, 7) is 10.2. The molecule has 0 aliphatic heterocycles. The predicted molar refractivity (Wildman–Crippen MR) is 78.9 cm³/mol. The maximum absolute atomic E-state index is 5.71. The molecule has 6 heteroatoms. The molecule has 0 aliphatic carbocycles. The lowest BCUT2D eigenvalue weighted by molar-refractivity contribution is 0.0740. The maximum Gasteiger partial charge on any atom is 0.509 e. The van der Waals surface area contributed by atoms with E-state index in [0.29, 0.717) is 37.5 Å². The van der Waals surface area contributed by atoms with Crippen LogP contribution in [0.3, 0.4) is 0 Å². The van der Waals surface area contributed by atoms with Crippen LogP contribution in [0.2, 0.25) is 6.04 Å². The van der Waals surface area contributed by atoms with Gasteiger partial charge in [-0.15, -0.1) is 0 Å². The molecule has 0 unspecified atom stereocenters. The van der Waals surface area contributed by atoms with Crippen LogP contribution in [0.4, 0.5) is 0 Å². The first-order chi connectivity index (χ1) is 8.64. The summed E-state index contributed by atoms with van der Waals surface area (Å²) in [6.07, 6.45) is 2.10. The molecular formula is C12H26O4SSi. The average Bonchev–Trinajstić information content (AvgIpc) is 2.30. The normalized spacial score (nSPS) is 11.6. The molecule has 0 aromatic carbocycles. The Hall–Kier alpha value is -0.0131. The van der Waals surface area contributed by atoms with Gasteiger partial charge in [-0.3, -0.25) is 0 Å². The molecule has 0 fully saturated rings. The van der Waals surface area contributed by atoms with Crippen molar-refractivity contribution >= 4 is 26.1 Å². The summed E-state index contributed by atoms with van der Waals surface area (Å²) in [5, 5.41) is 0.533. The lowest BCUT2D eigenvalue weighted by Crippen LogP contribution is -2.47. The third kappa shape index (κ3) is 7.43. The molecule has 0 saturated heterocycles. The van der Waals surface area contributed by atoms with Gasteiger partial charge in [-0.1, -0.05) is 13.3 Å². The minimum atomic E-state index is -2.68. The monoisotopic (exact) mass is 294 g/mol. The van der Waals surface area contributed by atoms with Gasteiger partial charge in [0.05, 0.1) is 12.7 Å². The fourth-order valence-corrected chi connectivity index (χ4v) is 4.44. The van der Waals surface area contributed by atoms with E-state index in [0.717, 1.165) is 12.8 Å². The summed E-state index contributed by atoms with van der Waals surface area (Å²) in [7, 11) is -2.68. The van der Waals surface area contributed by atoms with Gasteiger partial charge in [0.15, 0.2) is 5.05 Å². The Kier molecular flexibility index (Phi) is 10.9. The molecule has 0 heterocycles. The van der Waals surface area contributed by atoms with E-state index < -0.39 is 8.80 Å². The highest BCUT2D eigenvalue weighted by Gasteiger charge is 2.42. The number of hydrogen-bond donors (Lipinski definition) is 0. The zero-order chi connectivity index (χ0) is 13.9. The molecule has 108 valence electrons. The van der Waals surface area contributed by atoms with Crippen molar-refractivity contribution in [2.75, 3.05) is 26.4 Å². The molecule has 0 spiro atoms. The van der Waals surface area contributed by atoms with Crippen LogP contribution in [0.15, 0.2) is 0 Å². The Morgan fingerprint density at radius 3 is 1.83 bits per heavy atom. The third-order valence-electron chi connectivity index (χ3n) is 2.21. The average molecular weight is 294 g/mol. The van der Waals surface area contributed by atoms with Crippen molar-refractivity contribution in [3.8, 4) is 0 Å². The van der Waals surface area contributed by atoms with Gasteiger partial charge in [0.25, 0.3) is 0 Å². The van der Waals surface area contributed by atoms with Gasteiger partial charge in [0.1, 0.15) is 0 Å². The van der Waals surface area contributed by atoms with Crippen LogP contribution in [0, 0.1) is 0 Å². The van der Waals surface area contributed by atoms with Gasteiger partial charge in [-0.05, 0) is 39.4 Å². The van der Waals surface area contributed by atoms with Crippen LogP contribution in [-0.4, -0.2) is 40.3 Å². The van der Waals surface area contributed by atoms with E-state index >= 15 is 0 Å². The van der Waals surface area contributed by atoms with Gasteiger partial charge in [-0.2, -0.15) is 0 Å². The molecule has 0 radical (unpaired) electrons. The van der Waals surface area contributed by atoms with E-state index in [9.17, 15) is 0 Å². The summed E-state index contributed by atoms with van der Waals surface area (Å²) in [4.78, 5) is 0. The van der Waals surface area contributed by atoms with Gasteiger partial charge >= 0.3 is 8.80 Å². The quantitative estimate of drug-likeness (QED) is 0.332. The summed E-state index contributed by atoms with van der Waals surface area (Å²) in [5.74, 6) is 0. The highest BCUT2D eigenvalue weighted by atomic mass is 32.1. The fraction of sp³-hybridized carbons (Fsp3) is 0.917.